The molecular weight excluding hydrogens is 219 g/mol. The summed E-state index contributed by atoms with van der Waals surface area (Å²) in [6, 6.07) is -2.53. The third-order valence-corrected chi connectivity index (χ3v) is 1.68. The van der Waals surface area contributed by atoms with Crippen LogP contribution >= 0.6 is 0 Å². The lowest BCUT2D eigenvalue weighted by atomic mass is 10.0. The Balaban J connectivity index is 5.07. The summed E-state index contributed by atoms with van der Waals surface area (Å²) >= 11 is 0. The van der Waals surface area contributed by atoms with E-state index in [9.17, 15) is 30.7 Å². The van der Waals surface area contributed by atoms with Gasteiger partial charge in [-0.15, -0.1) is 0 Å². The van der Waals surface area contributed by atoms with Gasteiger partial charge in [-0.2, -0.15) is 30.7 Å². The van der Waals surface area contributed by atoms with Crippen molar-refractivity contribution in [3.05, 3.63) is 0 Å². The molecule has 0 aliphatic rings. The Morgan fingerprint density at radius 2 is 1.36 bits per heavy atom. The normalized spacial score (nSPS) is 16.9. The fourth-order valence-corrected chi connectivity index (χ4v) is 0.678. The van der Waals surface area contributed by atoms with Crippen LogP contribution in [0.25, 0.3) is 0 Å². The van der Waals surface area contributed by atoms with E-state index in [4.69, 9.17) is 0 Å². The SMILES string of the molecule is CC[C@H](N)C(F)(F)C(F)(F)C(F)(F)F. The van der Waals surface area contributed by atoms with Crippen molar-refractivity contribution in [2.24, 2.45) is 5.73 Å². The van der Waals surface area contributed by atoms with Crippen molar-refractivity contribution in [3.63, 3.8) is 0 Å². The standard InChI is InChI=1S/C6H8F7N/c1-2-3(14)4(7,8)5(9,10)6(11,12)13/h3H,2,14H2,1H3/t3-/m0/s1. The van der Waals surface area contributed by atoms with Gasteiger partial charge in [0, 0.05) is 0 Å². The van der Waals surface area contributed by atoms with E-state index in [0.29, 0.717) is 0 Å². The minimum absolute atomic E-state index is 0.682. The van der Waals surface area contributed by atoms with E-state index in [-0.39, 0.29) is 0 Å². The lowest BCUT2D eigenvalue weighted by molar-refractivity contribution is -0.358. The van der Waals surface area contributed by atoms with Crippen molar-refractivity contribution in [1.29, 1.82) is 0 Å². The van der Waals surface area contributed by atoms with Crippen molar-refractivity contribution >= 4 is 0 Å². The fourth-order valence-electron chi connectivity index (χ4n) is 0.678. The molecule has 1 atom stereocenters. The van der Waals surface area contributed by atoms with E-state index < -0.39 is 30.5 Å². The molecule has 0 aliphatic heterocycles. The van der Waals surface area contributed by atoms with Gasteiger partial charge in [0.25, 0.3) is 0 Å². The number of halogens is 7. The number of nitrogens with two attached hydrogens (primary N) is 1. The van der Waals surface area contributed by atoms with Gasteiger partial charge in [0.15, 0.2) is 0 Å². The van der Waals surface area contributed by atoms with Crippen LogP contribution in [0.3, 0.4) is 0 Å². The predicted octanol–water partition coefficient (Wildman–Crippen LogP) is 2.56. The summed E-state index contributed by atoms with van der Waals surface area (Å²) in [6.07, 6.45) is -6.98. The molecule has 0 rings (SSSR count). The largest absolute Gasteiger partial charge is 0.459 e. The molecule has 0 aromatic rings. The molecule has 0 aromatic heterocycles. The van der Waals surface area contributed by atoms with Gasteiger partial charge in [-0.25, -0.2) is 0 Å². The van der Waals surface area contributed by atoms with E-state index in [1.54, 1.807) is 0 Å². The first-order valence-corrected chi connectivity index (χ1v) is 3.56. The highest BCUT2D eigenvalue weighted by Gasteiger charge is 2.74. The van der Waals surface area contributed by atoms with Crippen LogP contribution in [0, 0.1) is 0 Å². The molecule has 2 N–H and O–H groups in total. The first-order valence-electron chi connectivity index (χ1n) is 3.56. The van der Waals surface area contributed by atoms with Crippen LogP contribution in [0.1, 0.15) is 13.3 Å². The van der Waals surface area contributed by atoms with Gasteiger partial charge in [0.1, 0.15) is 0 Å². The van der Waals surface area contributed by atoms with E-state index in [1.807, 2.05) is 0 Å². The molecule has 0 aliphatic carbocycles. The molecule has 86 valence electrons. The van der Waals surface area contributed by atoms with Crippen molar-refractivity contribution < 1.29 is 30.7 Å². The molecule has 0 aromatic carbocycles. The Hall–Kier alpha value is -0.530. The van der Waals surface area contributed by atoms with Crippen LogP contribution < -0.4 is 5.73 Å². The Labute approximate surface area is 75.1 Å². The first-order chi connectivity index (χ1) is 5.98. The van der Waals surface area contributed by atoms with Gasteiger partial charge >= 0.3 is 18.0 Å². The number of hydrogen-bond donors (Lipinski definition) is 1. The van der Waals surface area contributed by atoms with Crippen LogP contribution in [0.4, 0.5) is 30.7 Å². The zero-order valence-corrected chi connectivity index (χ0v) is 7.01. The van der Waals surface area contributed by atoms with Crippen LogP contribution in [0.2, 0.25) is 0 Å². The quantitative estimate of drug-likeness (QED) is 0.736. The lowest BCUT2D eigenvalue weighted by Gasteiger charge is -2.31. The van der Waals surface area contributed by atoms with Gasteiger partial charge in [0.05, 0.1) is 6.04 Å². The molecule has 1 nitrogen and oxygen atoms in total. The molecular formula is C6H8F7N. The molecule has 14 heavy (non-hydrogen) atoms. The molecule has 8 heteroatoms. The van der Waals surface area contributed by atoms with Crippen LogP contribution in [-0.2, 0) is 0 Å². The molecule has 0 heterocycles. The lowest BCUT2D eigenvalue weighted by Crippen LogP contribution is -2.60. The van der Waals surface area contributed by atoms with Gasteiger partial charge < -0.3 is 5.73 Å². The number of hydrogen-bond acceptors (Lipinski definition) is 1. The second-order valence-corrected chi connectivity index (χ2v) is 2.71. The summed E-state index contributed by atoms with van der Waals surface area (Å²) in [5.74, 6) is -11.4. The van der Waals surface area contributed by atoms with Crippen molar-refractivity contribution in [2.75, 3.05) is 0 Å². The van der Waals surface area contributed by atoms with Crippen molar-refractivity contribution in [2.45, 2.75) is 37.4 Å². The van der Waals surface area contributed by atoms with Gasteiger partial charge in [-0.3, -0.25) is 0 Å². The van der Waals surface area contributed by atoms with Crippen molar-refractivity contribution in [3.8, 4) is 0 Å². The zero-order chi connectivity index (χ0) is 11.8. The van der Waals surface area contributed by atoms with Gasteiger partial charge in [-0.05, 0) is 6.42 Å². The fraction of sp³-hybridized carbons (Fsp3) is 1.00. The minimum Gasteiger partial charge on any atom is -0.322 e. The third kappa shape index (κ3) is 1.94. The Kier molecular flexibility index (Phi) is 3.42. The minimum atomic E-state index is -6.30. The maximum absolute atomic E-state index is 12.5. The third-order valence-electron chi connectivity index (χ3n) is 1.68. The summed E-state index contributed by atoms with van der Waals surface area (Å²) in [5, 5.41) is 0. The molecule has 0 unspecified atom stereocenters. The summed E-state index contributed by atoms with van der Waals surface area (Å²) in [4.78, 5) is 0. The zero-order valence-electron chi connectivity index (χ0n) is 7.01. The van der Waals surface area contributed by atoms with Crippen LogP contribution in [-0.4, -0.2) is 24.1 Å². The Bertz CT molecular complexity index is 197. The van der Waals surface area contributed by atoms with E-state index >= 15 is 0 Å². The van der Waals surface area contributed by atoms with E-state index in [1.165, 1.54) is 0 Å². The van der Waals surface area contributed by atoms with Gasteiger partial charge in [0.2, 0.25) is 0 Å². The molecule has 0 radical (unpaired) electrons. The molecule has 0 amide bonds. The second-order valence-electron chi connectivity index (χ2n) is 2.71. The highest BCUT2D eigenvalue weighted by atomic mass is 19.4. The van der Waals surface area contributed by atoms with Crippen LogP contribution in [0.15, 0.2) is 0 Å². The van der Waals surface area contributed by atoms with Crippen LogP contribution in [0.5, 0.6) is 0 Å². The first kappa shape index (κ1) is 13.5. The summed E-state index contributed by atoms with van der Waals surface area (Å²) in [6.45, 7) is 0.991. The van der Waals surface area contributed by atoms with Crippen molar-refractivity contribution in [1.82, 2.24) is 0 Å². The number of alkyl halides is 7. The molecule has 0 bridgehead atoms. The molecule has 0 spiro atoms. The predicted molar refractivity (Wildman–Crippen MR) is 34.2 cm³/mol. The summed E-state index contributed by atoms with van der Waals surface area (Å²) in [5.41, 5.74) is 4.50. The summed E-state index contributed by atoms with van der Waals surface area (Å²) in [7, 11) is 0. The molecule has 0 saturated carbocycles. The maximum Gasteiger partial charge on any atom is 0.459 e. The smallest absolute Gasteiger partial charge is 0.322 e. The molecule has 0 fully saturated rings. The average Bonchev–Trinajstić information content (AvgIpc) is 2.00. The van der Waals surface area contributed by atoms with Gasteiger partial charge in [-0.1, -0.05) is 6.92 Å². The monoisotopic (exact) mass is 227 g/mol. The highest BCUT2D eigenvalue weighted by Crippen LogP contribution is 2.47. The Morgan fingerprint density at radius 1 is 1.00 bits per heavy atom. The average molecular weight is 227 g/mol. The van der Waals surface area contributed by atoms with E-state index in [2.05, 4.69) is 5.73 Å². The maximum atomic E-state index is 12.5. The number of rotatable bonds is 3. The molecule has 0 saturated heterocycles. The highest BCUT2D eigenvalue weighted by molar-refractivity contribution is 4.97. The summed E-state index contributed by atoms with van der Waals surface area (Å²) < 4.78 is 84.0. The van der Waals surface area contributed by atoms with E-state index in [0.717, 1.165) is 6.92 Å². The topological polar surface area (TPSA) is 26.0 Å². The second kappa shape index (κ2) is 3.56. The Morgan fingerprint density at radius 3 is 1.57 bits per heavy atom.